The number of aryl methyl sites for hydroxylation is 1. The number of hydrogen-bond acceptors (Lipinski definition) is 3. The molecule has 0 spiro atoms. The second-order valence-corrected chi connectivity index (χ2v) is 7.66. The van der Waals surface area contributed by atoms with Crippen molar-refractivity contribution in [3.05, 3.63) is 88.7 Å². The second kappa shape index (κ2) is 8.17. The van der Waals surface area contributed by atoms with Gasteiger partial charge in [-0.2, -0.15) is 5.10 Å². The Morgan fingerprint density at radius 3 is 2.54 bits per heavy atom. The van der Waals surface area contributed by atoms with Crippen LogP contribution in [-0.2, 0) is 11.8 Å². The van der Waals surface area contributed by atoms with E-state index in [0.717, 1.165) is 23.2 Å². The van der Waals surface area contributed by atoms with Gasteiger partial charge in [0.2, 0.25) is 5.91 Å². The van der Waals surface area contributed by atoms with Gasteiger partial charge in [-0.05, 0) is 28.8 Å². The Hall–Kier alpha value is -2.63. The van der Waals surface area contributed by atoms with Crippen LogP contribution in [0.2, 0.25) is 5.02 Å². The Balaban J connectivity index is 1.59. The highest BCUT2D eigenvalue weighted by Crippen LogP contribution is 2.30. The number of rotatable bonds is 5. The minimum atomic E-state index is -0.221. The predicted molar refractivity (Wildman–Crippen MR) is 110 cm³/mol. The Morgan fingerprint density at radius 2 is 1.86 bits per heavy atom. The molecule has 5 nitrogen and oxygen atoms in total. The van der Waals surface area contributed by atoms with E-state index in [1.807, 2.05) is 74.0 Å². The second-order valence-electron chi connectivity index (χ2n) is 7.22. The van der Waals surface area contributed by atoms with E-state index in [1.165, 1.54) is 0 Å². The lowest BCUT2D eigenvalue weighted by molar-refractivity contribution is -0.125. The van der Waals surface area contributed by atoms with Gasteiger partial charge in [0, 0.05) is 37.3 Å². The normalized spacial score (nSPS) is 20.1. The molecule has 1 fully saturated rings. The zero-order valence-corrected chi connectivity index (χ0v) is 16.4. The van der Waals surface area contributed by atoms with Gasteiger partial charge >= 0.3 is 0 Å². The maximum absolute atomic E-state index is 13.3. The van der Waals surface area contributed by atoms with Crippen LogP contribution in [0.1, 0.15) is 28.7 Å². The first-order valence-corrected chi connectivity index (χ1v) is 9.79. The highest BCUT2D eigenvalue weighted by molar-refractivity contribution is 6.30. The Morgan fingerprint density at radius 1 is 1.14 bits per heavy atom. The number of benzene rings is 2. The molecular formula is C22H23ClN4O. The van der Waals surface area contributed by atoms with E-state index in [0.29, 0.717) is 11.6 Å². The van der Waals surface area contributed by atoms with E-state index < -0.39 is 0 Å². The van der Waals surface area contributed by atoms with Gasteiger partial charge < -0.3 is 10.6 Å². The molecule has 1 saturated heterocycles. The first-order valence-electron chi connectivity index (χ1n) is 9.42. The summed E-state index contributed by atoms with van der Waals surface area (Å²) in [4.78, 5) is 13.3. The van der Waals surface area contributed by atoms with Gasteiger partial charge in [0.05, 0.1) is 18.2 Å². The zero-order valence-electron chi connectivity index (χ0n) is 15.7. The van der Waals surface area contributed by atoms with Crippen molar-refractivity contribution in [1.29, 1.82) is 0 Å². The van der Waals surface area contributed by atoms with E-state index >= 15 is 0 Å². The number of carbonyl (C=O) groups is 1. The molecule has 3 aromatic rings. The maximum Gasteiger partial charge on any atom is 0.225 e. The first-order chi connectivity index (χ1) is 13.6. The third-order valence-electron chi connectivity index (χ3n) is 5.33. The molecule has 1 aliphatic rings. The number of nitrogens with one attached hydrogen (secondary N) is 2. The summed E-state index contributed by atoms with van der Waals surface area (Å²) in [6, 6.07) is 17.4. The quantitative estimate of drug-likeness (QED) is 0.698. The monoisotopic (exact) mass is 394 g/mol. The van der Waals surface area contributed by atoms with Gasteiger partial charge in [-0.3, -0.25) is 9.48 Å². The van der Waals surface area contributed by atoms with Crippen LogP contribution in [0.4, 0.5) is 0 Å². The largest absolute Gasteiger partial charge is 0.345 e. The molecule has 1 unspecified atom stereocenters. The van der Waals surface area contributed by atoms with E-state index in [1.54, 1.807) is 4.68 Å². The van der Waals surface area contributed by atoms with Gasteiger partial charge in [-0.1, -0.05) is 54.1 Å². The van der Waals surface area contributed by atoms with Crippen molar-refractivity contribution >= 4 is 17.5 Å². The van der Waals surface area contributed by atoms with Crippen LogP contribution < -0.4 is 10.6 Å². The first kappa shape index (κ1) is 18.7. The highest BCUT2D eigenvalue weighted by Gasteiger charge is 2.35. The van der Waals surface area contributed by atoms with Crippen LogP contribution in [0.5, 0.6) is 0 Å². The topological polar surface area (TPSA) is 59.0 Å². The summed E-state index contributed by atoms with van der Waals surface area (Å²) >= 11 is 6.06. The molecule has 1 amide bonds. The van der Waals surface area contributed by atoms with Gasteiger partial charge in [0.1, 0.15) is 0 Å². The van der Waals surface area contributed by atoms with E-state index in [9.17, 15) is 4.79 Å². The van der Waals surface area contributed by atoms with Crippen LogP contribution in [0.15, 0.2) is 67.0 Å². The van der Waals surface area contributed by atoms with Crippen molar-refractivity contribution in [2.75, 3.05) is 13.1 Å². The highest BCUT2D eigenvalue weighted by atomic mass is 35.5. The van der Waals surface area contributed by atoms with Crippen LogP contribution in [0, 0.1) is 5.92 Å². The van der Waals surface area contributed by atoms with Crippen LogP contribution in [0.3, 0.4) is 0 Å². The number of halogens is 1. The van der Waals surface area contributed by atoms with Crippen molar-refractivity contribution in [3.8, 4) is 0 Å². The lowest BCUT2D eigenvalue weighted by Gasteiger charge is -2.24. The molecule has 28 heavy (non-hydrogen) atoms. The fraction of sp³-hybridized carbons (Fsp3) is 0.273. The molecule has 6 heteroatoms. The lowest BCUT2D eigenvalue weighted by atomic mass is 9.89. The summed E-state index contributed by atoms with van der Waals surface area (Å²) < 4.78 is 1.78. The summed E-state index contributed by atoms with van der Waals surface area (Å²) in [5.74, 6) is 0.0284. The number of carbonyl (C=O) groups excluding carboxylic acids is 1. The minimum absolute atomic E-state index is 0.0441. The minimum Gasteiger partial charge on any atom is -0.345 e. The summed E-state index contributed by atoms with van der Waals surface area (Å²) in [5.41, 5.74) is 3.14. The fourth-order valence-electron chi connectivity index (χ4n) is 3.85. The van der Waals surface area contributed by atoms with E-state index in [2.05, 4.69) is 15.7 Å². The predicted octanol–water partition coefficient (Wildman–Crippen LogP) is 3.28. The lowest BCUT2D eigenvalue weighted by Crippen LogP contribution is -2.37. The van der Waals surface area contributed by atoms with Crippen molar-refractivity contribution < 1.29 is 4.79 Å². The molecule has 1 aromatic heterocycles. The number of aromatic nitrogens is 2. The van der Waals surface area contributed by atoms with Gasteiger partial charge in [0.25, 0.3) is 0 Å². The molecule has 3 atom stereocenters. The smallest absolute Gasteiger partial charge is 0.225 e. The van der Waals surface area contributed by atoms with Crippen molar-refractivity contribution in [2.24, 2.45) is 13.0 Å². The van der Waals surface area contributed by atoms with E-state index in [-0.39, 0.29) is 23.8 Å². The van der Waals surface area contributed by atoms with Gasteiger partial charge in [0.15, 0.2) is 0 Å². The molecular weight excluding hydrogens is 372 g/mol. The third-order valence-corrected chi connectivity index (χ3v) is 5.58. The molecule has 2 aromatic carbocycles. The van der Waals surface area contributed by atoms with Gasteiger partial charge in [-0.15, -0.1) is 0 Å². The Kier molecular flexibility index (Phi) is 5.46. The van der Waals surface area contributed by atoms with Crippen molar-refractivity contribution in [2.45, 2.75) is 12.0 Å². The van der Waals surface area contributed by atoms with Crippen molar-refractivity contribution in [3.63, 3.8) is 0 Å². The molecule has 2 heterocycles. The SMILES string of the molecule is Cn1cc([C@H]2CNC[C@@H]2C(=O)NC(c2ccccc2)c2ccc(Cl)cc2)cn1. The zero-order chi connectivity index (χ0) is 19.5. The molecule has 0 aliphatic carbocycles. The van der Waals surface area contributed by atoms with E-state index in [4.69, 9.17) is 11.6 Å². The molecule has 4 rings (SSSR count). The fourth-order valence-corrected chi connectivity index (χ4v) is 3.97. The van der Waals surface area contributed by atoms with Crippen LogP contribution in [-0.4, -0.2) is 28.8 Å². The number of nitrogens with zero attached hydrogens (tertiary/aromatic N) is 2. The molecule has 0 bridgehead atoms. The van der Waals surface area contributed by atoms with Crippen molar-refractivity contribution in [1.82, 2.24) is 20.4 Å². The maximum atomic E-state index is 13.3. The number of hydrogen-bond donors (Lipinski definition) is 2. The summed E-state index contributed by atoms with van der Waals surface area (Å²) in [6.07, 6.45) is 3.84. The average Bonchev–Trinajstić information content (AvgIpc) is 3.36. The molecule has 2 N–H and O–H groups in total. The average molecular weight is 395 g/mol. The summed E-state index contributed by atoms with van der Waals surface area (Å²) in [7, 11) is 1.90. The standard InChI is InChI=1S/C22H23ClN4O/c1-27-14-17(11-25-27)19-12-24-13-20(19)22(28)26-21(15-5-3-2-4-6-15)16-7-9-18(23)10-8-16/h2-11,14,19-21,24H,12-13H2,1H3,(H,26,28)/t19-,20+,21?/m1/s1. The number of amides is 1. The Bertz CT molecular complexity index is 939. The molecule has 0 radical (unpaired) electrons. The summed E-state index contributed by atoms with van der Waals surface area (Å²) in [6.45, 7) is 1.44. The molecule has 0 saturated carbocycles. The van der Waals surface area contributed by atoms with Crippen LogP contribution >= 0.6 is 11.6 Å². The third kappa shape index (κ3) is 3.96. The van der Waals surface area contributed by atoms with Crippen LogP contribution in [0.25, 0.3) is 0 Å². The molecule has 144 valence electrons. The summed E-state index contributed by atoms with van der Waals surface area (Å²) in [5, 5.41) is 11.6. The van der Waals surface area contributed by atoms with Gasteiger partial charge in [-0.25, -0.2) is 0 Å². The Labute approximate surface area is 169 Å². The molecule has 1 aliphatic heterocycles.